The lowest BCUT2D eigenvalue weighted by Crippen LogP contribution is -2.17. The molecule has 2 amide bonds. The molecule has 35 heavy (non-hydrogen) atoms. The van der Waals surface area contributed by atoms with E-state index in [1.165, 1.54) is 0 Å². The zero-order chi connectivity index (χ0) is 24.4. The van der Waals surface area contributed by atoms with E-state index in [-0.39, 0.29) is 16.6 Å². The van der Waals surface area contributed by atoms with Crippen LogP contribution in [0.5, 0.6) is 0 Å². The van der Waals surface area contributed by atoms with Gasteiger partial charge in [-0.2, -0.15) is 0 Å². The molecule has 174 valence electrons. The molecule has 0 unspecified atom stereocenters. The lowest BCUT2D eigenvalue weighted by molar-refractivity contribution is 0.0997. The molecule has 3 aromatic carbocycles. The smallest absolute Gasteiger partial charge is 0.270 e. The number of nitrogens with one attached hydrogen (secondary N) is 2. The van der Waals surface area contributed by atoms with Crippen LogP contribution in [0.3, 0.4) is 0 Å². The largest absolute Gasteiger partial charge is 0.425 e. The molecule has 4 N–H and O–H groups in total. The lowest BCUT2D eigenvalue weighted by atomic mass is 10.1. The first-order valence-corrected chi connectivity index (χ1v) is 11.5. The number of aromatic nitrogens is 3. The van der Waals surface area contributed by atoms with Crippen molar-refractivity contribution < 1.29 is 14.0 Å². The van der Waals surface area contributed by atoms with Crippen LogP contribution in [-0.2, 0) is 6.42 Å². The van der Waals surface area contributed by atoms with Gasteiger partial charge in [0.25, 0.3) is 11.8 Å². The zero-order valence-corrected chi connectivity index (χ0v) is 19.4. The third-order valence-corrected chi connectivity index (χ3v) is 6.11. The maximum atomic E-state index is 12.8. The predicted octanol–water partition coefficient (Wildman–Crippen LogP) is 4.67. The van der Waals surface area contributed by atoms with Crippen molar-refractivity contribution in [1.82, 2.24) is 15.2 Å². The molecule has 0 saturated carbocycles. The van der Waals surface area contributed by atoms with E-state index in [0.717, 1.165) is 33.4 Å². The number of nitrogens with zero attached hydrogens (tertiary/aromatic N) is 3. The molecule has 0 bridgehead atoms. The topological polar surface area (TPSA) is 136 Å². The maximum absolute atomic E-state index is 12.8. The quantitative estimate of drug-likeness (QED) is 0.305. The molecule has 0 fully saturated rings. The van der Waals surface area contributed by atoms with Gasteiger partial charge in [0.15, 0.2) is 10.8 Å². The third-order valence-electron chi connectivity index (χ3n) is 5.23. The number of primary amides is 1. The second-order valence-electron chi connectivity index (χ2n) is 7.79. The van der Waals surface area contributed by atoms with Gasteiger partial charge in [-0.15, -0.1) is 10.2 Å². The fourth-order valence-electron chi connectivity index (χ4n) is 3.55. The number of hydrogen-bond donors (Lipinski definition) is 3. The lowest BCUT2D eigenvalue weighted by Gasteiger charge is -2.05. The Morgan fingerprint density at radius 3 is 2.49 bits per heavy atom. The first-order valence-electron chi connectivity index (χ1n) is 10.7. The summed E-state index contributed by atoms with van der Waals surface area (Å²) in [6, 6.07) is 20.9. The summed E-state index contributed by atoms with van der Waals surface area (Å²) < 4.78 is 5.39. The summed E-state index contributed by atoms with van der Waals surface area (Å²) in [5.41, 5.74) is 7.65. The Morgan fingerprint density at radius 2 is 1.77 bits per heavy atom. The van der Waals surface area contributed by atoms with E-state index in [1.807, 2.05) is 54.6 Å². The number of hydrogen-bond acceptors (Lipinski definition) is 8. The fourth-order valence-corrected chi connectivity index (χ4v) is 4.43. The summed E-state index contributed by atoms with van der Waals surface area (Å²) in [6.07, 6.45) is 0.465. The number of thiazole rings is 1. The van der Waals surface area contributed by atoms with Gasteiger partial charge in [0.05, 0.1) is 6.42 Å². The van der Waals surface area contributed by atoms with Crippen LogP contribution in [0.1, 0.15) is 38.2 Å². The molecular weight excluding hydrogens is 464 g/mol. The molecule has 0 saturated heterocycles. The Labute approximate surface area is 204 Å². The second-order valence-corrected chi connectivity index (χ2v) is 8.79. The van der Waals surface area contributed by atoms with Crippen molar-refractivity contribution in [3.63, 3.8) is 0 Å². The van der Waals surface area contributed by atoms with E-state index in [2.05, 4.69) is 25.8 Å². The van der Waals surface area contributed by atoms with Gasteiger partial charge in [-0.1, -0.05) is 53.8 Å². The number of benzene rings is 3. The van der Waals surface area contributed by atoms with Crippen molar-refractivity contribution in [2.45, 2.75) is 13.3 Å². The predicted molar refractivity (Wildman–Crippen MR) is 134 cm³/mol. The highest BCUT2D eigenvalue weighted by atomic mass is 32.1. The normalized spacial score (nSPS) is 10.9. The van der Waals surface area contributed by atoms with E-state index < -0.39 is 5.91 Å². The molecule has 0 aliphatic rings. The van der Waals surface area contributed by atoms with Gasteiger partial charge in [-0.05, 0) is 40.6 Å². The fraction of sp³-hybridized carbons (Fsp3) is 0.0800. The van der Waals surface area contributed by atoms with Crippen molar-refractivity contribution in [3.8, 4) is 0 Å². The van der Waals surface area contributed by atoms with Crippen molar-refractivity contribution >= 4 is 49.7 Å². The van der Waals surface area contributed by atoms with Gasteiger partial charge in [-0.3, -0.25) is 9.59 Å². The number of anilines is 3. The van der Waals surface area contributed by atoms with E-state index in [4.69, 9.17) is 10.2 Å². The van der Waals surface area contributed by atoms with E-state index in [9.17, 15) is 9.59 Å². The Morgan fingerprint density at radius 1 is 1.00 bits per heavy atom. The average Bonchev–Trinajstić information content (AvgIpc) is 3.45. The van der Waals surface area contributed by atoms with Crippen LogP contribution in [0.25, 0.3) is 10.8 Å². The minimum atomic E-state index is -0.728. The van der Waals surface area contributed by atoms with Crippen LogP contribution < -0.4 is 16.4 Å². The second kappa shape index (κ2) is 9.35. The molecule has 9 nitrogen and oxygen atoms in total. The van der Waals surface area contributed by atoms with E-state index in [1.54, 1.807) is 19.1 Å². The number of nitrogens with two attached hydrogens (primary N) is 1. The Kier molecular flexibility index (Phi) is 5.94. The average molecular weight is 485 g/mol. The first kappa shape index (κ1) is 22.2. The standard InChI is InChI=1S/C25H20N6O3S/c1-14-30-31-20(34-14)12-15-6-8-17(9-7-15)23(33)29-24-21(22(26)32)28-25(35-24)27-19-11-10-16-4-2-3-5-18(16)13-19/h2-11,13H,12H2,1H3,(H2,26,32)(H,27,28)(H,29,33). The maximum Gasteiger partial charge on any atom is 0.270 e. The molecule has 0 radical (unpaired) electrons. The molecule has 5 rings (SSSR count). The highest BCUT2D eigenvalue weighted by Gasteiger charge is 2.19. The monoisotopic (exact) mass is 484 g/mol. The van der Waals surface area contributed by atoms with Crippen LogP contribution >= 0.6 is 11.3 Å². The molecule has 2 heterocycles. The molecule has 0 atom stereocenters. The van der Waals surface area contributed by atoms with Gasteiger partial charge < -0.3 is 20.8 Å². The SMILES string of the molecule is Cc1nnc(Cc2ccc(C(=O)Nc3sc(Nc4ccc5ccccc5c4)nc3C(N)=O)cc2)o1. The van der Waals surface area contributed by atoms with Crippen molar-refractivity contribution in [2.24, 2.45) is 5.73 Å². The highest BCUT2D eigenvalue weighted by molar-refractivity contribution is 7.20. The van der Waals surface area contributed by atoms with Crippen molar-refractivity contribution in [3.05, 3.63) is 95.3 Å². The zero-order valence-electron chi connectivity index (χ0n) is 18.6. The van der Waals surface area contributed by atoms with Gasteiger partial charge in [-0.25, -0.2) is 4.98 Å². The Balaban J connectivity index is 1.31. The summed E-state index contributed by atoms with van der Waals surface area (Å²) in [4.78, 5) is 29.1. The summed E-state index contributed by atoms with van der Waals surface area (Å²) in [6.45, 7) is 1.73. The molecule has 0 aliphatic carbocycles. The van der Waals surface area contributed by atoms with Gasteiger partial charge >= 0.3 is 0 Å². The van der Waals surface area contributed by atoms with Crippen LogP contribution in [0.15, 0.2) is 71.1 Å². The molecule has 10 heteroatoms. The van der Waals surface area contributed by atoms with Gasteiger partial charge in [0.1, 0.15) is 5.00 Å². The van der Waals surface area contributed by atoms with Gasteiger partial charge in [0.2, 0.25) is 11.8 Å². The summed E-state index contributed by atoms with van der Waals surface area (Å²) in [5.74, 6) is -0.107. The number of carbonyl (C=O) groups is 2. The Bertz CT molecular complexity index is 1540. The number of rotatable bonds is 7. The van der Waals surface area contributed by atoms with Crippen molar-refractivity contribution in [1.29, 1.82) is 0 Å². The highest BCUT2D eigenvalue weighted by Crippen LogP contribution is 2.32. The van der Waals surface area contributed by atoms with Crippen LogP contribution in [0.2, 0.25) is 0 Å². The van der Waals surface area contributed by atoms with Crippen LogP contribution in [0.4, 0.5) is 15.8 Å². The molecule has 0 aliphatic heterocycles. The van der Waals surface area contributed by atoms with Crippen LogP contribution in [-0.4, -0.2) is 27.0 Å². The summed E-state index contributed by atoms with van der Waals surface area (Å²) in [7, 11) is 0. The number of carbonyl (C=O) groups excluding carboxylic acids is 2. The summed E-state index contributed by atoms with van der Waals surface area (Å²) >= 11 is 1.14. The number of aryl methyl sites for hydroxylation is 1. The first-order chi connectivity index (χ1) is 16.9. The van der Waals surface area contributed by atoms with E-state index >= 15 is 0 Å². The molecular formula is C25H20N6O3S. The minimum absolute atomic E-state index is 0.00461. The minimum Gasteiger partial charge on any atom is -0.425 e. The number of amides is 2. The summed E-state index contributed by atoms with van der Waals surface area (Å²) in [5, 5.41) is 16.6. The Hall–Kier alpha value is -4.57. The van der Waals surface area contributed by atoms with E-state index in [0.29, 0.717) is 28.9 Å². The van der Waals surface area contributed by atoms with Crippen LogP contribution in [0, 0.1) is 6.92 Å². The van der Waals surface area contributed by atoms with Gasteiger partial charge in [0, 0.05) is 18.2 Å². The van der Waals surface area contributed by atoms with Crippen molar-refractivity contribution in [2.75, 3.05) is 10.6 Å². The number of fused-ring (bicyclic) bond motifs is 1. The third kappa shape index (κ3) is 5.02. The molecule has 0 spiro atoms. The molecule has 5 aromatic rings. The molecule has 2 aromatic heterocycles.